The van der Waals surface area contributed by atoms with E-state index in [1.54, 1.807) is 13.0 Å². The normalized spacial score (nSPS) is 12.0. The van der Waals surface area contributed by atoms with E-state index in [9.17, 15) is 17.9 Å². The fraction of sp³-hybridized carbons (Fsp3) is 0.286. The molecule has 0 spiro atoms. The van der Waals surface area contributed by atoms with Crippen molar-refractivity contribution in [1.82, 2.24) is 4.31 Å². The monoisotopic (exact) mass is 313 g/mol. The first-order valence-electron chi connectivity index (χ1n) is 6.25. The maximum atomic E-state index is 13.3. The third-order valence-electron chi connectivity index (χ3n) is 3.25. The number of hydrogen-bond donors (Lipinski definition) is 1. The van der Waals surface area contributed by atoms with E-state index in [0.29, 0.717) is 5.76 Å². The molecule has 21 heavy (non-hydrogen) atoms. The molecule has 0 aliphatic carbocycles. The molecular formula is C14H16FNO4S. The number of sulfonamides is 1. The van der Waals surface area contributed by atoms with Crippen LogP contribution >= 0.6 is 0 Å². The first kappa shape index (κ1) is 15.7. The maximum Gasteiger partial charge on any atom is 0.243 e. The van der Waals surface area contributed by atoms with Crippen molar-refractivity contribution < 1.29 is 22.3 Å². The van der Waals surface area contributed by atoms with Gasteiger partial charge in [0.1, 0.15) is 11.6 Å². The van der Waals surface area contributed by atoms with Gasteiger partial charge in [-0.25, -0.2) is 12.8 Å². The summed E-state index contributed by atoms with van der Waals surface area (Å²) in [5, 5.41) is 9.23. The van der Waals surface area contributed by atoms with Gasteiger partial charge in [-0.3, -0.25) is 0 Å². The van der Waals surface area contributed by atoms with Crippen molar-refractivity contribution in [2.75, 3.05) is 7.05 Å². The summed E-state index contributed by atoms with van der Waals surface area (Å²) < 4.78 is 44.6. The molecule has 2 rings (SSSR count). The summed E-state index contributed by atoms with van der Waals surface area (Å²) in [5.41, 5.74) is 0.884. The van der Waals surface area contributed by atoms with Crippen LogP contribution < -0.4 is 0 Å². The number of furan rings is 1. The minimum atomic E-state index is -3.91. The Balaban J connectivity index is 2.37. The van der Waals surface area contributed by atoms with Gasteiger partial charge in [-0.15, -0.1) is 0 Å². The molecule has 0 fully saturated rings. The van der Waals surface area contributed by atoms with Crippen molar-refractivity contribution in [3.63, 3.8) is 0 Å². The number of nitrogens with zero attached hydrogens (tertiary/aromatic N) is 1. The van der Waals surface area contributed by atoms with Gasteiger partial charge in [0.05, 0.1) is 17.8 Å². The summed E-state index contributed by atoms with van der Waals surface area (Å²) >= 11 is 0. The zero-order chi connectivity index (χ0) is 15.6. The van der Waals surface area contributed by atoms with Gasteiger partial charge in [0.25, 0.3) is 0 Å². The lowest BCUT2D eigenvalue weighted by Gasteiger charge is -2.18. The summed E-state index contributed by atoms with van der Waals surface area (Å²) in [4.78, 5) is -0.228. The van der Waals surface area contributed by atoms with E-state index < -0.39 is 22.4 Å². The molecule has 0 atom stereocenters. The summed E-state index contributed by atoms with van der Waals surface area (Å²) in [6.45, 7) is 1.36. The third-order valence-corrected chi connectivity index (χ3v) is 5.13. The zero-order valence-electron chi connectivity index (χ0n) is 11.7. The Morgan fingerprint density at radius 1 is 1.29 bits per heavy atom. The van der Waals surface area contributed by atoms with E-state index in [4.69, 9.17) is 4.42 Å². The van der Waals surface area contributed by atoms with E-state index in [-0.39, 0.29) is 17.0 Å². The SMILES string of the molecule is Cc1occc1CN(C)S(=O)(=O)c1cc(F)ccc1CO. The Bertz CT molecular complexity index is 739. The predicted molar refractivity (Wildman–Crippen MR) is 74.4 cm³/mol. The Hall–Kier alpha value is -1.70. The van der Waals surface area contributed by atoms with Gasteiger partial charge in [-0.2, -0.15) is 4.31 Å². The molecule has 0 unspecified atom stereocenters. The van der Waals surface area contributed by atoms with Gasteiger partial charge in [0.15, 0.2) is 0 Å². The Morgan fingerprint density at radius 2 is 2.00 bits per heavy atom. The fourth-order valence-corrected chi connectivity index (χ4v) is 3.34. The molecule has 0 amide bonds. The average molecular weight is 313 g/mol. The third kappa shape index (κ3) is 3.15. The quantitative estimate of drug-likeness (QED) is 0.917. The fourth-order valence-electron chi connectivity index (χ4n) is 1.97. The standard InChI is InChI=1S/C14H16FNO4S/c1-10-11(5-6-20-10)8-16(2)21(18,19)14-7-13(15)4-3-12(14)9-17/h3-7,17H,8-9H2,1-2H3. The van der Waals surface area contributed by atoms with Crippen molar-refractivity contribution in [2.24, 2.45) is 0 Å². The number of rotatable bonds is 5. The van der Waals surface area contributed by atoms with Crippen LogP contribution in [0.5, 0.6) is 0 Å². The van der Waals surface area contributed by atoms with Crippen LogP contribution in [0.4, 0.5) is 4.39 Å². The largest absolute Gasteiger partial charge is 0.469 e. The molecule has 7 heteroatoms. The Labute approximate surface area is 122 Å². The van der Waals surface area contributed by atoms with Gasteiger partial charge in [0.2, 0.25) is 10.0 Å². The van der Waals surface area contributed by atoms with Crippen LogP contribution in [0.15, 0.2) is 39.8 Å². The van der Waals surface area contributed by atoms with Crippen molar-refractivity contribution >= 4 is 10.0 Å². The van der Waals surface area contributed by atoms with E-state index in [1.165, 1.54) is 19.4 Å². The Morgan fingerprint density at radius 3 is 2.57 bits per heavy atom. The highest BCUT2D eigenvalue weighted by atomic mass is 32.2. The van der Waals surface area contributed by atoms with Crippen molar-refractivity contribution in [1.29, 1.82) is 0 Å². The predicted octanol–water partition coefficient (Wildman–Crippen LogP) is 2.04. The molecule has 0 saturated carbocycles. The number of halogens is 1. The highest BCUT2D eigenvalue weighted by molar-refractivity contribution is 7.89. The first-order valence-corrected chi connectivity index (χ1v) is 7.69. The highest BCUT2D eigenvalue weighted by Crippen LogP contribution is 2.23. The van der Waals surface area contributed by atoms with Gasteiger partial charge in [0, 0.05) is 19.2 Å². The summed E-state index contributed by atoms with van der Waals surface area (Å²) in [5.74, 6) is -0.0441. The smallest absolute Gasteiger partial charge is 0.243 e. The summed E-state index contributed by atoms with van der Waals surface area (Å²) in [6.07, 6.45) is 1.48. The van der Waals surface area contributed by atoms with E-state index in [2.05, 4.69) is 0 Å². The number of benzene rings is 1. The van der Waals surface area contributed by atoms with Crippen LogP contribution in [-0.4, -0.2) is 24.9 Å². The topological polar surface area (TPSA) is 70.8 Å². The molecule has 0 saturated heterocycles. The molecule has 1 aromatic carbocycles. The van der Waals surface area contributed by atoms with Gasteiger partial charge >= 0.3 is 0 Å². The average Bonchev–Trinajstić information content (AvgIpc) is 2.84. The summed E-state index contributed by atoms with van der Waals surface area (Å²) in [6, 6.07) is 4.98. The molecular weight excluding hydrogens is 297 g/mol. The maximum absolute atomic E-state index is 13.3. The molecule has 0 bridgehead atoms. The molecule has 1 N–H and O–H groups in total. The van der Waals surface area contributed by atoms with E-state index >= 15 is 0 Å². The second-order valence-electron chi connectivity index (χ2n) is 4.67. The number of aryl methyl sites for hydroxylation is 1. The lowest BCUT2D eigenvalue weighted by molar-refractivity contribution is 0.278. The lowest BCUT2D eigenvalue weighted by atomic mass is 10.2. The number of aliphatic hydroxyl groups is 1. The van der Waals surface area contributed by atoms with Gasteiger partial charge < -0.3 is 9.52 Å². The van der Waals surface area contributed by atoms with Gasteiger partial charge in [-0.05, 0) is 30.7 Å². The molecule has 0 radical (unpaired) electrons. The molecule has 1 aromatic heterocycles. The van der Waals surface area contributed by atoms with Crippen LogP contribution in [0.2, 0.25) is 0 Å². The molecule has 114 valence electrons. The van der Waals surface area contributed by atoms with E-state index in [1.807, 2.05) is 0 Å². The van der Waals surface area contributed by atoms with Crippen LogP contribution in [-0.2, 0) is 23.2 Å². The van der Waals surface area contributed by atoms with Gasteiger partial charge in [-0.1, -0.05) is 6.07 Å². The molecule has 1 heterocycles. The van der Waals surface area contributed by atoms with Crippen molar-refractivity contribution in [3.8, 4) is 0 Å². The second-order valence-corrected chi connectivity index (χ2v) is 6.69. The van der Waals surface area contributed by atoms with Crippen LogP contribution in [0, 0.1) is 12.7 Å². The molecule has 0 aliphatic rings. The first-order chi connectivity index (χ1) is 9.86. The van der Waals surface area contributed by atoms with Crippen molar-refractivity contribution in [3.05, 3.63) is 53.2 Å². The molecule has 2 aromatic rings. The summed E-state index contributed by atoms with van der Waals surface area (Å²) in [7, 11) is -2.51. The number of aliphatic hydroxyl groups excluding tert-OH is 1. The van der Waals surface area contributed by atoms with Crippen LogP contribution in [0.1, 0.15) is 16.9 Å². The lowest BCUT2D eigenvalue weighted by Crippen LogP contribution is -2.27. The molecule has 0 aliphatic heterocycles. The van der Waals surface area contributed by atoms with E-state index in [0.717, 1.165) is 22.0 Å². The number of hydrogen-bond acceptors (Lipinski definition) is 4. The van der Waals surface area contributed by atoms with Crippen LogP contribution in [0.25, 0.3) is 0 Å². The minimum Gasteiger partial charge on any atom is -0.469 e. The zero-order valence-corrected chi connectivity index (χ0v) is 12.5. The minimum absolute atomic E-state index is 0.103. The molecule has 5 nitrogen and oxygen atoms in total. The second kappa shape index (κ2) is 5.97. The van der Waals surface area contributed by atoms with Crippen LogP contribution in [0.3, 0.4) is 0 Å². The highest BCUT2D eigenvalue weighted by Gasteiger charge is 2.25. The Kier molecular flexibility index (Phi) is 4.46. The van der Waals surface area contributed by atoms with Crippen molar-refractivity contribution in [2.45, 2.75) is 25.0 Å².